The van der Waals surface area contributed by atoms with Gasteiger partial charge in [0.2, 0.25) is 0 Å². The van der Waals surface area contributed by atoms with Gasteiger partial charge in [-0.15, -0.1) is 0 Å². The number of benzene rings is 1. The molecule has 0 bridgehead atoms. The Morgan fingerprint density at radius 3 is 2.70 bits per heavy atom. The quantitative estimate of drug-likeness (QED) is 0.400. The molecule has 0 saturated heterocycles. The molecule has 23 heavy (non-hydrogen) atoms. The fourth-order valence-electron chi connectivity index (χ4n) is 1.88. The van der Waals surface area contributed by atoms with E-state index in [2.05, 4.69) is 34.7 Å². The van der Waals surface area contributed by atoms with Gasteiger partial charge in [0.15, 0.2) is 5.96 Å². The fraction of sp³-hybridized carbons (Fsp3) is 0.562. The number of rotatable bonds is 9. The molecule has 1 aromatic carbocycles. The SMILES string of the molecule is CCNC(=NCc1cccc(C)c1)NCCOCCS(C)(=O)=O. The van der Waals surface area contributed by atoms with Crippen LogP contribution in [0.3, 0.4) is 0 Å². The Hall–Kier alpha value is -1.60. The number of nitrogens with zero attached hydrogens (tertiary/aromatic N) is 1. The maximum absolute atomic E-state index is 11.0. The molecule has 0 unspecified atom stereocenters. The van der Waals surface area contributed by atoms with Crippen LogP contribution in [0, 0.1) is 6.92 Å². The van der Waals surface area contributed by atoms with E-state index in [4.69, 9.17) is 4.74 Å². The molecule has 0 spiro atoms. The van der Waals surface area contributed by atoms with Gasteiger partial charge in [0.05, 0.1) is 25.5 Å². The largest absolute Gasteiger partial charge is 0.379 e. The molecule has 7 heteroatoms. The Bertz CT molecular complexity index is 600. The molecule has 0 aliphatic carbocycles. The molecule has 0 aromatic heterocycles. The van der Waals surface area contributed by atoms with Crippen LogP contribution >= 0.6 is 0 Å². The molecule has 0 atom stereocenters. The van der Waals surface area contributed by atoms with Gasteiger partial charge in [-0.25, -0.2) is 13.4 Å². The number of aliphatic imine (C=N–C) groups is 1. The van der Waals surface area contributed by atoms with Crippen LogP contribution in [0.1, 0.15) is 18.1 Å². The number of hydrogen-bond acceptors (Lipinski definition) is 4. The Balaban J connectivity index is 2.35. The van der Waals surface area contributed by atoms with Crippen LogP contribution in [0.25, 0.3) is 0 Å². The van der Waals surface area contributed by atoms with Crippen molar-refractivity contribution in [2.24, 2.45) is 4.99 Å². The standard InChI is InChI=1S/C16H27N3O3S/c1-4-17-16(18-8-9-22-10-11-23(3,20)21)19-13-15-7-5-6-14(2)12-15/h5-7,12H,4,8-11,13H2,1-3H3,(H2,17,18,19). The second-order valence-electron chi connectivity index (χ2n) is 5.35. The normalized spacial score (nSPS) is 12.2. The van der Waals surface area contributed by atoms with Gasteiger partial charge in [-0.2, -0.15) is 0 Å². The lowest BCUT2D eigenvalue weighted by Gasteiger charge is -2.11. The lowest BCUT2D eigenvalue weighted by Crippen LogP contribution is -2.39. The smallest absolute Gasteiger partial charge is 0.191 e. The highest BCUT2D eigenvalue weighted by Crippen LogP contribution is 2.04. The van der Waals surface area contributed by atoms with Gasteiger partial charge in [0, 0.05) is 19.3 Å². The van der Waals surface area contributed by atoms with Crippen LogP contribution in [0.2, 0.25) is 0 Å². The molecule has 0 heterocycles. The van der Waals surface area contributed by atoms with E-state index in [1.807, 2.05) is 19.1 Å². The van der Waals surface area contributed by atoms with Gasteiger partial charge >= 0.3 is 0 Å². The van der Waals surface area contributed by atoms with Gasteiger partial charge in [-0.05, 0) is 19.4 Å². The van der Waals surface area contributed by atoms with Crippen LogP contribution in [0.5, 0.6) is 0 Å². The van der Waals surface area contributed by atoms with Crippen molar-refractivity contribution in [2.45, 2.75) is 20.4 Å². The third kappa shape index (κ3) is 9.91. The average Bonchev–Trinajstić information content (AvgIpc) is 2.47. The minimum absolute atomic E-state index is 0.0501. The van der Waals surface area contributed by atoms with Crippen LogP contribution in [-0.2, 0) is 21.1 Å². The molecule has 130 valence electrons. The topological polar surface area (TPSA) is 79.8 Å². The lowest BCUT2D eigenvalue weighted by atomic mass is 10.1. The van der Waals surface area contributed by atoms with Gasteiger partial charge in [-0.1, -0.05) is 29.8 Å². The van der Waals surface area contributed by atoms with Crippen molar-refractivity contribution in [1.29, 1.82) is 0 Å². The molecule has 6 nitrogen and oxygen atoms in total. The maximum atomic E-state index is 11.0. The summed E-state index contributed by atoms with van der Waals surface area (Å²) in [6.45, 7) is 6.67. The summed E-state index contributed by atoms with van der Waals surface area (Å²) in [5.41, 5.74) is 2.38. The van der Waals surface area contributed by atoms with Crippen LogP contribution in [0.4, 0.5) is 0 Å². The molecule has 0 radical (unpaired) electrons. The summed E-state index contributed by atoms with van der Waals surface area (Å²) in [5.74, 6) is 0.773. The summed E-state index contributed by atoms with van der Waals surface area (Å²) < 4.78 is 27.2. The van der Waals surface area contributed by atoms with Crippen LogP contribution < -0.4 is 10.6 Å². The number of sulfone groups is 1. The van der Waals surface area contributed by atoms with Crippen molar-refractivity contribution in [3.05, 3.63) is 35.4 Å². The molecule has 1 rings (SSSR count). The summed E-state index contributed by atoms with van der Waals surface area (Å²) in [6, 6.07) is 8.25. The highest BCUT2D eigenvalue weighted by molar-refractivity contribution is 7.90. The van der Waals surface area contributed by atoms with E-state index < -0.39 is 9.84 Å². The van der Waals surface area contributed by atoms with Gasteiger partial charge in [-0.3, -0.25) is 0 Å². The van der Waals surface area contributed by atoms with Gasteiger partial charge in [0.1, 0.15) is 9.84 Å². The first-order valence-corrected chi connectivity index (χ1v) is 9.80. The maximum Gasteiger partial charge on any atom is 0.191 e. The van der Waals surface area contributed by atoms with Crippen molar-refractivity contribution in [3.63, 3.8) is 0 Å². The van der Waals surface area contributed by atoms with Crippen molar-refractivity contribution in [2.75, 3.05) is 38.3 Å². The minimum Gasteiger partial charge on any atom is -0.379 e. The van der Waals surface area contributed by atoms with Crippen LogP contribution in [0.15, 0.2) is 29.3 Å². The van der Waals surface area contributed by atoms with Crippen molar-refractivity contribution >= 4 is 15.8 Å². The molecule has 1 aromatic rings. The molecule has 0 amide bonds. The molecule has 0 saturated carbocycles. The highest BCUT2D eigenvalue weighted by Gasteiger charge is 2.02. The molecule has 0 aliphatic rings. The monoisotopic (exact) mass is 341 g/mol. The van der Waals surface area contributed by atoms with Crippen LogP contribution in [-0.4, -0.2) is 52.7 Å². The van der Waals surface area contributed by atoms with Gasteiger partial charge < -0.3 is 15.4 Å². The first-order chi connectivity index (χ1) is 10.9. The Kier molecular flexibility index (Phi) is 8.65. The predicted molar refractivity (Wildman–Crippen MR) is 94.5 cm³/mol. The van der Waals surface area contributed by atoms with E-state index in [1.54, 1.807) is 0 Å². The summed E-state index contributed by atoms with van der Waals surface area (Å²) in [4.78, 5) is 4.52. The second kappa shape index (κ2) is 10.2. The number of hydrogen-bond donors (Lipinski definition) is 2. The second-order valence-corrected chi connectivity index (χ2v) is 7.61. The first-order valence-electron chi connectivity index (χ1n) is 7.74. The number of nitrogens with one attached hydrogen (secondary N) is 2. The predicted octanol–water partition coefficient (Wildman–Crippen LogP) is 1.11. The van der Waals surface area contributed by atoms with Crippen molar-refractivity contribution in [1.82, 2.24) is 10.6 Å². The molecular formula is C16H27N3O3S. The zero-order chi connectivity index (χ0) is 17.1. The summed E-state index contributed by atoms with van der Waals surface area (Å²) in [5, 5.41) is 6.34. The van der Waals surface area contributed by atoms with Crippen molar-refractivity contribution < 1.29 is 13.2 Å². The summed E-state index contributed by atoms with van der Waals surface area (Å²) in [7, 11) is -2.96. The fourth-order valence-corrected chi connectivity index (χ4v) is 2.30. The van der Waals surface area contributed by atoms with E-state index >= 15 is 0 Å². The number of guanidine groups is 1. The van der Waals surface area contributed by atoms with E-state index in [-0.39, 0.29) is 12.4 Å². The van der Waals surface area contributed by atoms with E-state index in [0.29, 0.717) is 19.7 Å². The lowest BCUT2D eigenvalue weighted by molar-refractivity contribution is 0.154. The first kappa shape index (κ1) is 19.4. The van der Waals surface area contributed by atoms with E-state index in [9.17, 15) is 8.42 Å². The third-order valence-electron chi connectivity index (χ3n) is 2.98. The van der Waals surface area contributed by atoms with Gasteiger partial charge in [0.25, 0.3) is 0 Å². The Morgan fingerprint density at radius 2 is 2.04 bits per heavy atom. The van der Waals surface area contributed by atoms with E-state index in [1.165, 1.54) is 11.8 Å². The number of aryl methyl sites for hydroxylation is 1. The third-order valence-corrected chi connectivity index (χ3v) is 3.89. The molecule has 0 aliphatic heterocycles. The summed E-state index contributed by atoms with van der Waals surface area (Å²) in [6.07, 6.45) is 1.20. The molecule has 2 N–H and O–H groups in total. The molecule has 0 fully saturated rings. The average molecular weight is 341 g/mol. The highest BCUT2D eigenvalue weighted by atomic mass is 32.2. The zero-order valence-electron chi connectivity index (χ0n) is 14.1. The van der Waals surface area contributed by atoms with E-state index in [0.717, 1.165) is 18.1 Å². The summed E-state index contributed by atoms with van der Waals surface area (Å²) >= 11 is 0. The van der Waals surface area contributed by atoms with Crippen molar-refractivity contribution in [3.8, 4) is 0 Å². The zero-order valence-corrected chi connectivity index (χ0v) is 14.9. The Labute approximate surface area is 139 Å². The number of ether oxygens (including phenoxy) is 1. The molecular weight excluding hydrogens is 314 g/mol. The minimum atomic E-state index is -2.96. The Morgan fingerprint density at radius 1 is 1.26 bits per heavy atom.